The number of likely N-dealkylation sites (N-methyl/N-ethyl adjacent to an activating group) is 1. The van der Waals surface area contributed by atoms with Gasteiger partial charge < -0.3 is 9.30 Å². The summed E-state index contributed by atoms with van der Waals surface area (Å²) in [4.78, 5) is 19.1. The number of carbonyl (C=O) groups excluding carboxylic acids is 1. The van der Waals surface area contributed by atoms with E-state index in [2.05, 4.69) is 48.2 Å². The maximum absolute atomic E-state index is 12.4. The van der Waals surface area contributed by atoms with Gasteiger partial charge in [0.25, 0.3) is 0 Å². The van der Waals surface area contributed by atoms with Gasteiger partial charge in [-0.3, -0.25) is 4.79 Å². The summed E-state index contributed by atoms with van der Waals surface area (Å²) in [5.41, 5.74) is 3.05. The molecule has 0 aliphatic heterocycles. The van der Waals surface area contributed by atoms with E-state index in [4.69, 9.17) is 0 Å². The van der Waals surface area contributed by atoms with E-state index in [0.717, 1.165) is 24.2 Å². The minimum Gasteiger partial charge on any atom is -0.307 e. The largest absolute Gasteiger partial charge is 0.307 e. The third-order valence-electron chi connectivity index (χ3n) is 4.59. The van der Waals surface area contributed by atoms with Gasteiger partial charge in [0.1, 0.15) is 11.4 Å². The minimum atomic E-state index is 0.253. The van der Waals surface area contributed by atoms with Crippen LogP contribution in [0.2, 0.25) is 0 Å². The molecule has 2 heterocycles. The Morgan fingerprint density at radius 2 is 1.88 bits per heavy atom. The molecule has 1 atom stereocenters. The van der Waals surface area contributed by atoms with Crippen LogP contribution in [0.1, 0.15) is 24.1 Å². The van der Waals surface area contributed by atoms with Crippen LogP contribution in [0.15, 0.2) is 60.9 Å². The molecular formula is C21H25N3O. The van der Waals surface area contributed by atoms with Crippen molar-refractivity contribution >= 4 is 11.4 Å². The van der Waals surface area contributed by atoms with Crippen molar-refractivity contribution in [2.24, 2.45) is 0 Å². The number of rotatable bonds is 8. The number of pyridine rings is 1. The average Bonchev–Trinajstić information content (AvgIpc) is 3.01. The van der Waals surface area contributed by atoms with Crippen LogP contribution in [0.5, 0.6) is 0 Å². The number of fused-ring (bicyclic) bond motifs is 1. The van der Waals surface area contributed by atoms with Crippen molar-refractivity contribution in [2.75, 3.05) is 14.1 Å². The quantitative estimate of drug-likeness (QED) is 0.633. The fraction of sp³-hybridized carbons (Fsp3) is 0.333. The molecular weight excluding hydrogens is 310 g/mol. The van der Waals surface area contributed by atoms with Gasteiger partial charge in [-0.25, -0.2) is 4.98 Å². The van der Waals surface area contributed by atoms with E-state index in [0.29, 0.717) is 18.9 Å². The molecule has 4 heteroatoms. The number of ketones is 1. The summed E-state index contributed by atoms with van der Waals surface area (Å²) in [5.74, 6) is 0.253. The first-order valence-electron chi connectivity index (χ1n) is 8.76. The van der Waals surface area contributed by atoms with E-state index >= 15 is 0 Å². The fourth-order valence-corrected chi connectivity index (χ4v) is 3.12. The zero-order valence-corrected chi connectivity index (χ0v) is 14.9. The van der Waals surface area contributed by atoms with Crippen LogP contribution in [-0.2, 0) is 17.6 Å². The first-order chi connectivity index (χ1) is 12.1. The lowest BCUT2D eigenvalue weighted by Crippen LogP contribution is -2.30. The molecule has 0 unspecified atom stereocenters. The average molecular weight is 335 g/mol. The van der Waals surface area contributed by atoms with Gasteiger partial charge in [-0.1, -0.05) is 36.4 Å². The molecule has 25 heavy (non-hydrogen) atoms. The van der Waals surface area contributed by atoms with Crippen LogP contribution in [0.4, 0.5) is 0 Å². The second-order valence-corrected chi connectivity index (χ2v) is 6.76. The number of benzene rings is 1. The van der Waals surface area contributed by atoms with E-state index in [1.807, 2.05) is 41.1 Å². The Labute approximate surface area is 149 Å². The lowest BCUT2D eigenvalue weighted by Gasteiger charge is -2.24. The first kappa shape index (κ1) is 17.4. The number of aromatic nitrogens is 2. The van der Waals surface area contributed by atoms with E-state index in [1.54, 1.807) is 0 Å². The third-order valence-corrected chi connectivity index (χ3v) is 4.59. The smallest absolute Gasteiger partial charge is 0.138 e. The number of imidazole rings is 1. The van der Waals surface area contributed by atoms with E-state index < -0.39 is 0 Å². The second kappa shape index (κ2) is 8.08. The number of carbonyl (C=O) groups is 1. The topological polar surface area (TPSA) is 37.6 Å². The Kier molecular flexibility index (Phi) is 5.61. The van der Waals surface area contributed by atoms with Crippen molar-refractivity contribution < 1.29 is 4.79 Å². The van der Waals surface area contributed by atoms with Crippen molar-refractivity contribution in [3.05, 3.63) is 72.2 Å². The molecule has 0 amide bonds. The molecule has 0 aliphatic carbocycles. The summed E-state index contributed by atoms with van der Waals surface area (Å²) in [6, 6.07) is 16.7. The highest BCUT2D eigenvalue weighted by Crippen LogP contribution is 2.13. The first-order valence-corrected chi connectivity index (χ1v) is 8.76. The third kappa shape index (κ3) is 4.77. The highest BCUT2D eigenvalue weighted by Gasteiger charge is 2.15. The number of hydrogen-bond donors (Lipinski definition) is 0. The van der Waals surface area contributed by atoms with Gasteiger partial charge in [-0.05, 0) is 44.6 Å². The van der Waals surface area contributed by atoms with Gasteiger partial charge >= 0.3 is 0 Å². The van der Waals surface area contributed by atoms with Crippen molar-refractivity contribution in [1.82, 2.24) is 14.3 Å². The van der Waals surface area contributed by atoms with Gasteiger partial charge in [0.2, 0.25) is 0 Å². The second-order valence-electron chi connectivity index (χ2n) is 6.76. The maximum Gasteiger partial charge on any atom is 0.138 e. The molecule has 0 spiro atoms. The van der Waals surface area contributed by atoms with Crippen molar-refractivity contribution in [2.45, 2.75) is 31.7 Å². The molecule has 3 aromatic rings. The molecule has 0 fully saturated rings. The summed E-state index contributed by atoms with van der Waals surface area (Å²) < 4.78 is 1.96. The fourth-order valence-electron chi connectivity index (χ4n) is 3.12. The zero-order chi connectivity index (χ0) is 17.6. The summed E-state index contributed by atoms with van der Waals surface area (Å²) in [7, 11) is 4.17. The van der Waals surface area contributed by atoms with Crippen LogP contribution < -0.4 is 0 Å². The van der Waals surface area contributed by atoms with Gasteiger partial charge in [-0.2, -0.15) is 0 Å². The highest BCUT2D eigenvalue weighted by atomic mass is 16.1. The number of nitrogens with zero attached hydrogens (tertiary/aromatic N) is 3. The van der Waals surface area contributed by atoms with Crippen molar-refractivity contribution in [3.8, 4) is 0 Å². The molecule has 4 nitrogen and oxygen atoms in total. The molecule has 1 aromatic carbocycles. The van der Waals surface area contributed by atoms with E-state index in [-0.39, 0.29) is 5.78 Å². The molecule has 0 bridgehead atoms. The van der Waals surface area contributed by atoms with Crippen molar-refractivity contribution in [3.63, 3.8) is 0 Å². The Morgan fingerprint density at radius 3 is 2.60 bits per heavy atom. The molecule has 0 saturated carbocycles. The van der Waals surface area contributed by atoms with Crippen LogP contribution in [0.25, 0.3) is 5.65 Å². The number of hydrogen-bond acceptors (Lipinski definition) is 3. The Hall–Kier alpha value is -2.46. The molecule has 0 radical (unpaired) electrons. The highest BCUT2D eigenvalue weighted by molar-refractivity contribution is 5.80. The molecule has 0 N–H and O–H groups in total. The molecule has 2 aromatic heterocycles. The van der Waals surface area contributed by atoms with Gasteiger partial charge in [-0.15, -0.1) is 0 Å². The summed E-state index contributed by atoms with van der Waals surface area (Å²) in [5, 5.41) is 0. The standard InChI is InChI=1S/C21H25N3O/c1-23(2)19(14-17-8-4-3-5-9-17)11-12-20(25)15-18-16-24-13-7-6-10-21(24)22-18/h3-10,13,16,19H,11-12,14-15H2,1-2H3/t19-/m1/s1. The Balaban J connectivity index is 1.56. The molecule has 0 saturated heterocycles. The normalized spacial score (nSPS) is 12.6. The predicted octanol–water partition coefficient (Wildman–Crippen LogP) is 3.40. The van der Waals surface area contributed by atoms with Crippen molar-refractivity contribution in [1.29, 1.82) is 0 Å². The van der Waals surface area contributed by atoms with Gasteiger partial charge in [0.05, 0.1) is 12.1 Å². The van der Waals surface area contributed by atoms with E-state index in [1.165, 1.54) is 5.56 Å². The molecule has 130 valence electrons. The van der Waals surface area contributed by atoms with Gasteiger partial charge in [0, 0.05) is 24.9 Å². The summed E-state index contributed by atoms with van der Waals surface area (Å²) in [6.07, 6.45) is 6.74. The predicted molar refractivity (Wildman–Crippen MR) is 101 cm³/mol. The Morgan fingerprint density at radius 1 is 1.12 bits per heavy atom. The van der Waals surface area contributed by atoms with Gasteiger partial charge in [0.15, 0.2) is 0 Å². The molecule has 0 aliphatic rings. The van der Waals surface area contributed by atoms with Crippen LogP contribution in [0, 0.1) is 0 Å². The lowest BCUT2D eigenvalue weighted by atomic mass is 9.99. The Bertz CT molecular complexity index is 790. The lowest BCUT2D eigenvalue weighted by molar-refractivity contribution is -0.118. The monoisotopic (exact) mass is 335 g/mol. The maximum atomic E-state index is 12.4. The number of Topliss-reactive ketones (excluding diaryl/α,β-unsaturated/α-hetero) is 1. The van der Waals surface area contributed by atoms with Crippen LogP contribution in [-0.4, -0.2) is 40.2 Å². The summed E-state index contributed by atoms with van der Waals surface area (Å²) in [6.45, 7) is 0. The molecule has 3 rings (SSSR count). The minimum absolute atomic E-state index is 0.253. The van der Waals surface area contributed by atoms with Crippen LogP contribution in [0.3, 0.4) is 0 Å². The van der Waals surface area contributed by atoms with Crippen LogP contribution >= 0.6 is 0 Å². The zero-order valence-electron chi connectivity index (χ0n) is 14.9. The summed E-state index contributed by atoms with van der Waals surface area (Å²) >= 11 is 0. The SMILES string of the molecule is CN(C)[C@H](CCC(=O)Cc1cn2ccccc2n1)Cc1ccccc1. The van der Waals surface area contributed by atoms with E-state index in [9.17, 15) is 4.79 Å².